The van der Waals surface area contributed by atoms with Crippen molar-refractivity contribution >= 4 is 21.4 Å². The SMILES string of the molecule is C=CCCC(C)Nc1ccc(NS(C)(=O)=O)c(C)c1. The van der Waals surface area contributed by atoms with E-state index in [0.29, 0.717) is 11.7 Å². The van der Waals surface area contributed by atoms with E-state index < -0.39 is 10.0 Å². The molecule has 0 saturated heterocycles. The van der Waals surface area contributed by atoms with Crippen LogP contribution in [0, 0.1) is 6.92 Å². The third kappa shape index (κ3) is 5.79. The summed E-state index contributed by atoms with van der Waals surface area (Å²) in [5, 5.41) is 3.38. The third-order valence-electron chi connectivity index (χ3n) is 2.74. The fourth-order valence-corrected chi connectivity index (χ4v) is 2.42. The zero-order chi connectivity index (χ0) is 14.5. The van der Waals surface area contributed by atoms with Gasteiger partial charge >= 0.3 is 0 Å². The Labute approximate surface area is 116 Å². The molecule has 0 saturated carbocycles. The van der Waals surface area contributed by atoms with Crippen molar-refractivity contribution in [3.05, 3.63) is 36.4 Å². The van der Waals surface area contributed by atoms with Gasteiger partial charge in [0.1, 0.15) is 0 Å². The number of anilines is 2. The number of sulfonamides is 1. The first-order valence-electron chi connectivity index (χ1n) is 6.27. The highest BCUT2D eigenvalue weighted by atomic mass is 32.2. The molecule has 1 atom stereocenters. The molecule has 4 nitrogen and oxygen atoms in total. The zero-order valence-corrected chi connectivity index (χ0v) is 12.5. The normalized spacial score (nSPS) is 12.8. The summed E-state index contributed by atoms with van der Waals surface area (Å²) in [5.41, 5.74) is 2.51. The topological polar surface area (TPSA) is 58.2 Å². The minimum absolute atomic E-state index is 0.353. The van der Waals surface area contributed by atoms with Crippen molar-refractivity contribution in [2.24, 2.45) is 0 Å². The van der Waals surface area contributed by atoms with Crippen LogP contribution in [0.4, 0.5) is 11.4 Å². The van der Waals surface area contributed by atoms with E-state index in [1.165, 1.54) is 0 Å². The summed E-state index contributed by atoms with van der Waals surface area (Å²) < 4.78 is 24.9. The summed E-state index contributed by atoms with van der Waals surface area (Å²) in [5.74, 6) is 0. The van der Waals surface area contributed by atoms with Crippen LogP contribution < -0.4 is 10.0 Å². The lowest BCUT2D eigenvalue weighted by Gasteiger charge is -2.16. The van der Waals surface area contributed by atoms with Crippen LogP contribution in [0.25, 0.3) is 0 Å². The Balaban J connectivity index is 2.74. The molecule has 19 heavy (non-hydrogen) atoms. The van der Waals surface area contributed by atoms with Gasteiger partial charge in [0.05, 0.1) is 11.9 Å². The second-order valence-corrected chi connectivity index (χ2v) is 6.56. The fraction of sp³-hybridized carbons (Fsp3) is 0.429. The van der Waals surface area contributed by atoms with Crippen molar-refractivity contribution in [2.75, 3.05) is 16.3 Å². The maximum absolute atomic E-state index is 11.2. The van der Waals surface area contributed by atoms with E-state index in [-0.39, 0.29) is 0 Å². The van der Waals surface area contributed by atoms with E-state index >= 15 is 0 Å². The van der Waals surface area contributed by atoms with Gasteiger partial charge in [0.15, 0.2) is 0 Å². The van der Waals surface area contributed by atoms with Crippen molar-refractivity contribution in [1.29, 1.82) is 0 Å². The molecule has 1 aromatic carbocycles. The molecule has 0 aliphatic carbocycles. The van der Waals surface area contributed by atoms with Gasteiger partial charge in [0.25, 0.3) is 0 Å². The summed E-state index contributed by atoms with van der Waals surface area (Å²) >= 11 is 0. The largest absolute Gasteiger partial charge is 0.383 e. The molecule has 0 amide bonds. The van der Waals surface area contributed by atoms with Crippen molar-refractivity contribution < 1.29 is 8.42 Å². The van der Waals surface area contributed by atoms with Crippen molar-refractivity contribution in [3.63, 3.8) is 0 Å². The van der Waals surface area contributed by atoms with Crippen LogP contribution >= 0.6 is 0 Å². The number of allylic oxidation sites excluding steroid dienone is 1. The molecular formula is C14H22N2O2S. The van der Waals surface area contributed by atoms with Gasteiger partial charge in [-0.15, -0.1) is 6.58 Å². The van der Waals surface area contributed by atoms with Gasteiger partial charge in [-0.2, -0.15) is 0 Å². The summed E-state index contributed by atoms with van der Waals surface area (Å²) in [4.78, 5) is 0. The number of benzene rings is 1. The molecule has 0 aliphatic heterocycles. The Bertz CT molecular complexity index is 538. The Morgan fingerprint density at radius 2 is 2.11 bits per heavy atom. The number of rotatable bonds is 7. The van der Waals surface area contributed by atoms with Crippen LogP contribution in [0.1, 0.15) is 25.3 Å². The van der Waals surface area contributed by atoms with E-state index in [2.05, 4.69) is 23.5 Å². The summed E-state index contributed by atoms with van der Waals surface area (Å²) in [6.45, 7) is 7.70. The van der Waals surface area contributed by atoms with Crippen LogP contribution in [0.5, 0.6) is 0 Å². The van der Waals surface area contributed by atoms with Crippen LogP contribution in [-0.4, -0.2) is 20.7 Å². The predicted octanol–water partition coefficient (Wildman–Crippen LogP) is 3.13. The van der Waals surface area contributed by atoms with Gasteiger partial charge < -0.3 is 5.32 Å². The van der Waals surface area contributed by atoms with Gasteiger partial charge in [0.2, 0.25) is 10.0 Å². The quantitative estimate of drug-likeness (QED) is 0.755. The van der Waals surface area contributed by atoms with Crippen molar-refractivity contribution in [3.8, 4) is 0 Å². The average Bonchev–Trinajstić information content (AvgIpc) is 2.28. The molecule has 5 heteroatoms. The maximum Gasteiger partial charge on any atom is 0.229 e. The highest BCUT2D eigenvalue weighted by Crippen LogP contribution is 2.21. The summed E-state index contributed by atoms with van der Waals surface area (Å²) in [6.07, 6.45) is 5.05. The third-order valence-corrected chi connectivity index (χ3v) is 3.33. The van der Waals surface area contributed by atoms with Crippen LogP contribution in [0.15, 0.2) is 30.9 Å². The molecule has 0 radical (unpaired) electrons. The standard InChI is InChI=1S/C14H22N2O2S/c1-5-6-7-12(3)15-13-8-9-14(11(2)10-13)16-19(4,17)18/h5,8-10,12,15-16H,1,6-7H2,2-4H3. The monoisotopic (exact) mass is 282 g/mol. The lowest BCUT2D eigenvalue weighted by molar-refractivity contribution is 0.607. The molecule has 1 aromatic rings. The number of nitrogens with one attached hydrogen (secondary N) is 2. The summed E-state index contributed by atoms with van der Waals surface area (Å²) in [6, 6.07) is 5.95. The van der Waals surface area contributed by atoms with Gasteiger partial charge in [-0.3, -0.25) is 4.72 Å². The Kier molecular flexibility index (Phi) is 5.42. The van der Waals surface area contributed by atoms with Crippen LogP contribution in [0.3, 0.4) is 0 Å². The van der Waals surface area contributed by atoms with E-state index in [4.69, 9.17) is 0 Å². The number of aryl methyl sites for hydroxylation is 1. The molecule has 0 fully saturated rings. The molecule has 1 unspecified atom stereocenters. The molecule has 1 rings (SSSR count). The predicted molar refractivity (Wildman–Crippen MR) is 82.2 cm³/mol. The Morgan fingerprint density at radius 1 is 1.42 bits per heavy atom. The van der Waals surface area contributed by atoms with Crippen LogP contribution in [0.2, 0.25) is 0 Å². The van der Waals surface area contributed by atoms with Gasteiger partial charge in [-0.1, -0.05) is 6.08 Å². The smallest absolute Gasteiger partial charge is 0.229 e. The lowest BCUT2D eigenvalue weighted by Crippen LogP contribution is -2.15. The second-order valence-electron chi connectivity index (χ2n) is 4.82. The molecule has 0 bridgehead atoms. The molecular weight excluding hydrogens is 260 g/mol. The van der Waals surface area contributed by atoms with E-state index in [1.54, 1.807) is 6.07 Å². The van der Waals surface area contributed by atoms with Gasteiger partial charge in [-0.25, -0.2) is 8.42 Å². The van der Waals surface area contributed by atoms with Crippen molar-refractivity contribution in [2.45, 2.75) is 32.7 Å². The molecule has 2 N–H and O–H groups in total. The second kappa shape index (κ2) is 6.61. The van der Waals surface area contributed by atoms with Crippen molar-refractivity contribution in [1.82, 2.24) is 0 Å². The average molecular weight is 282 g/mol. The Morgan fingerprint density at radius 3 is 2.63 bits per heavy atom. The number of hydrogen-bond donors (Lipinski definition) is 2. The minimum atomic E-state index is -3.23. The maximum atomic E-state index is 11.2. The fourth-order valence-electron chi connectivity index (χ4n) is 1.79. The minimum Gasteiger partial charge on any atom is -0.383 e. The highest BCUT2D eigenvalue weighted by Gasteiger charge is 2.07. The highest BCUT2D eigenvalue weighted by molar-refractivity contribution is 7.92. The summed E-state index contributed by atoms with van der Waals surface area (Å²) in [7, 11) is -3.23. The molecule has 0 spiro atoms. The molecule has 106 valence electrons. The van der Waals surface area contributed by atoms with Gasteiger partial charge in [0, 0.05) is 11.7 Å². The van der Waals surface area contributed by atoms with E-state index in [0.717, 1.165) is 30.3 Å². The molecule has 0 aromatic heterocycles. The van der Waals surface area contributed by atoms with E-state index in [1.807, 2.05) is 25.1 Å². The van der Waals surface area contributed by atoms with Gasteiger partial charge in [-0.05, 0) is 50.5 Å². The first kappa shape index (κ1) is 15.6. The zero-order valence-electron chi connectivity index (χ0n) is 11.7. The number of hydrogen-bond acceptors (Lipinski definition) is 3. The first-order valence-corrected chi connectivity index (χ1v) is 8.17. The van der Waals surface area contributed by atoms with Crippen LogP contribution in [-0.2, 0) is 10.0 Å². The Hall–Kier alpha value is -1.49. The lowest BCUT2D eigenvalue weighted by atomic mass is 10.1. The first-order chi connectivity index (χ1) is 8.81. The molecule has 0 heterocycles. The van der Waals surface area contributed by atoms with E-state index in [9.17, 15) is 8.42 Å². The molecule has 0 aliphatic rings.